The molecule has 0 saturated carbocycles. The molecule has 1 heterocycles. The van der Waals surface area contributed by atoms with Gasteiger partial charge in [-0.2, -0.15) is 9.97 Å². The molecule has 0 aliphatic heterocycles. The van der Waals surface area contributed by atoms with E-state index in [-0.39, 0.29) is 30.1 Å². The normalized spacial score (nSPS) is 10.2. The Morgan fingerprint density at radius 1 is 0.929 bits per heavy atom. The van der Waals surface area contributed by atoms with Crippen LogP contribution in [0.15, 0.2) is 54.6 Å². The van der Waals surface area contributed by atoms with Crippen LogP contribution < -0.4 is 14.2 Å². The first-order chi connectivity index (χ1) is 13.7. The van der Waals surface area contributed by atoms with Crippen LogP contribution in [-0.4, -0.2) is 36.8 Å². The molecule has 3 rings (SSSR count). The van der Waals surface area contributed by atoms with E-state index >= 15 is 0 Å². The zero-order chi connectivity index (χ0) is 19.9. The number of hydrogen-bond donors (Lipinski definition) is 0. The van der Waals surface area contributed by atoms with E-state index in [9.17, 15) is 4.79 Å². The fraction of sp³-hybridized carbons (Fsp3) is 0.190. The fourth-order valence-electron chi connectivity index (χ4n) is 2.63. The van der Waals surface area contributed by atoms with E-state index in [4.69, 9.17) is 18.9 Å². The SMILES string of the molecule is CCOC(=O)c1c(Oc2nc(OC)cc(OC)n2)cccc1-c1ccccc1. The molecule has 0 saturated heterocycles. The van der Waals surface area contributed by atoms with Crippen LogP contribution in [0.1, 0.15) is 17.3 Å². The van der Waals surface area contributed by atoms with Crippen LogP contribution >= 0.6 is 0 Å². The minimum absolute atomic E-state index is 0.00744. The van der Waals surface area contributed by atoms with Gasteiger partial charge >= 0.3 is 12.0 Å². The number of esters is 1. The molecular weight excluding hydrogens is 360 g/mol. The number of rotatable bonds is 7. The summed E-state index contributed by atoms with van der Waals surface area (Å²) in [6.07, 6.45) is 0. The number of carbonyl (C=O) groups is 1. The molecule has 28 heavy (non-hydrogen) atoms. The number of nitrogens with zero attached hydrogens (tertiary/aromatic N) is 2. The summed E-state index contributed by atoms with van der Waals surface area (Å²) in [6.45, 7) is 1.99. The molecule has 0 aliphatic carbocycles. The van der Waals surface area contributed by atoms with Gasteiger partial charge in [0.15, 0.2) is 0 Å². The molecule has 0 bridgehead atoms. The summed E-state index contributed by atoms with van der Waals surface area (Å²) in [7, 11) is 2.96. The third-order valence-corrected chi connectivity index (χ3v) is 3.87. The van der Waals surface area contributed by atoms with Crippen LogP contribution in [0.4, 0.5) is 0 Å². The van der Waals surface area contributed by atoms with Crippen LogP contribution in [0.5, 0.6) is 23.5 Å². The average Bonchev–Trinajstić information content (AvgIpc) is 2.74. The summed E-state index contributed by atoms with van der Waals surface area (Å²) in [6, 6.07) is 16.3. The minimum Gasteiger partial charge on any atom is -0.481 e. The predicted octanol–water partition coefficient (Wildman–Crippen LogP) is 4.13. The Bertz CT molecular complexity index is 938. The van der Waals surface area contributed by atoms with Gasteiger partial charge in [-0.05, 0) is 24.1 Å². The molecular formula is C21H20N2O5. The second-order valence-electron chi connectivity index (χ2n) is 5.60. The predicted molar refractivity (Wildman–Crippen MR) is 103 cm³/mol. The van der Waals surface area contributed by atoms with E-state index in [0.717, 1.165) is 5.56 Å². The number of aromatic nitrogens is 2. The lowest BCUT2D eigenvalue weighted by Crippen LogP contribution is -2.09. The van der Waals surface area contributed by atoms with Crippen molar-refractivity contribution in [3.05, 3.63) is 60.2 Å². The molecule has 1 aromatic heterocycles. The second kappa shape index (κ2) is 8.85. The summed E-state index contributed by atoms with van der Waals surface area (Å²) in [5.41, 5.74) is 1.84. The van der Waals surface area contributed by atoms with Gasteiger partial charge in [0.05, 0.1) is 26.9 Å². The molecule has 0 N–H and O–H groups in total. The van der Waals surface area contributed by atoms with Gasteiger partial charge < -0.3 is 18.9 Å². The highest BCUT2D eigenvalue weighted by Gasteiger charge is 2.21. The maximum atomic E-state index is 12.7. The first-order valence-electron chi connectivity index (χ1n) is 8.66. The molecule has 0 fully saturated rings. The van der Waals surface area contributed by atoms with E-state index in [1.54, 1.807) is 19.1 Å². The zero-order valence-corrected chi connectivity index (χ0v) is 15.8. The zero-order valence-electron chi connectivity index (χ0n) is 15.8. The lowest BCUT2D eigenvalue weighted by molar-refractivity contribution is 0.0524. The van der Waals surface area contributed by atoms with Gasteiger partial charge in [-0.25, -0.2) is 4.79 Å². The number of ether oxygens (including phenoxy) is 4. The molecule has 0 unspecified atom stereocenters. The topological polar surface area (TPSA) is 79.8 Å². The van der Waals surface area contributed by atoms with Crippen molar-refractivity contribution < 1.29 is 23.7 Å². The van der Waals surface area contributed by atoms with Crippen LogP contribution in [0.3, 0.4) is 0 Å². The van der Waals surface area contributed by atoms with Crippen molar-refractivity contribution >= 4 is 5.97 Å². The molecule has 0 spiro atoms. The maximum absolute atomic E-state index is 12.7. The number of benzene rings is 2. The molecule has 0 atom stereocenters. The molecule has 0 radical (unpaired) electrons. The second-order valence-corrected chi connectivity index (χ2v) is 5.60. The van der Waals surface area contributed by atoms with E-state index in [1.807, 2.05) is 36.4 Å². The third-order valence-electron chi connectivity index (χ3n) is 3.87. The van der Waals surface area contributed by atoms with Crippen molar-refractivity contribution in [3.8, 4) is 34.6 Å². The van der Waals surface area contributed by atoms with Crippen LogP contribution in [0, 0.1) is 0 Å². The van der Waals surface area contributed by atoms with Gasteiger partial charge in [-0.1, -0.05) is 42.5 Å². The van der Waals surface area contributed by atoms with E-state index in [2.05, 4.69) is 9.97 Å². The van der Waals surface area contributed by atoms with Gasteiger partial charge in [0.2, 0.25) is 11.8 Å². The highest BCUT2D eigenvalue weighted by atomic mass is 16.5. The van der Waals surface area contributed by atoms with Crippen LogP contribution in [0.25, 0.3) is 11.1 Å². The van der Waals surface area contributed by atoms with E-state index in [1.165, 1.54) is 20.3 Å². The average molecular weight is 380 g/mol. The molecule has 2 aromatic carbocycles. The number of carbonyl (C=O) groups excluding carboxylic acids is 1. The largest absolute Gasteiger partial charge is 0.481 e. The smallest absolute Gasteiger partial charge is 0.342 e. The van der Waals surface area contributed by atoms with Gasteiger partial charge in [0.1, 0.15) is 11.3 Å². The Labute approximate surface area is 162 Å². The number of methoxy groups -OCH3 is 2. The molecule has 144 valence electrons. The van der Waals surface area contributed by atoms with E-state index in [0.29, 0.717) is 11.1 Å². The highest BCUT2D eigenvalue weighted by Crippen LogP contribution is 2.34. The Hall–Kier alpha value is -3.61. The quantitative estimate of drug-likeness (QED) is 0.570. The Balaban J connectivity index is 2.09. The monoisotopic (exact) mass is 380 g/mol. The van der Waals surface area contributed by atoms with Gasteiger partial charge in [0, 0.05) is 0 Å². The van der Waals surface area contributed by atoms with E-state index < -0.39 is 5.97 Å². The van der Waals surface area contributed by atoms with Crippen LogP contribution in [-0.2, 0) is 4.74 Å². The van der Waals surface area contributed by atoms with Crippen molar-refractivity contribution in [2.75, 3.05) is 20.8 Å². The van der Waals surface area contributed by atoms with Gasteiger partial charge in [0.25, 0.3) is 0 Å². The maximum Gasteiger partial charge on any atom is 0.342 e. The molecule has 7 nitrogen and oxygen atoms in total. The first-order valence-corrected chi connectivity index (χ1v) is 8.66. The third kappa shape index (κ3) is 4.20. The summed E-state index contributed by atoms with van der Waals surface area (Å²) in [4.78, 5) is 21.0. The minimum atomic E-state index is -0.494. The van der Waals surface area contributed by atoms with Crippen molar-refractivity contribution in [3.63, 3.8) is 0 Å². The van der Waals surface area contributed by atoms with Crippen molar-refractivity contribution in [1.82, 2.24) is 9.97 Å². The first kappa shape index (κ1) is 19.2. The summed E-state index contributed by atoms with van der Waals surface area (Å²) < 4.78 is 21.4. The fourth-order valence-corrected chi connectivity index (χ4v) is 2.63. The lowest BCUT2D eigenvalue weighted by atomic mass is 9.99. The highest BCUT2D eigenvalue weighted by molar-refractivity contribution is 6.00. The Morgan fingerprint density at radius 2 is 1.61 bits per heavy atom. The Morgan fingerprint density at radius 3 is 2.21 bits per heavy atom. The number of hydrogen-bond acceptors (Lipinski definition) is 7. The van der Waals surface area contributed by atoms with Gasteiger partial charge in [-0.15, -0.1) is 0 Å². The molecule has 0 aliphatic rings. The molecule has 3 aromatic rings. The van der Waals surface area contributed by atoms with Gasteiger partial charge in [-0.3, -0.25) is 0 Å². The standard InChI is InChI=1S/C21H20N2O5/c1-4-27-20(24)19-15(14-9-6-5-7-10-14)11-8-12-16(19)28-21-22-17(25-2)13-18(23-21)26-3/h5-13H,4H2,1-3H3. The molecule has 0 amide bonds. The summed E-state index contributed by atoms with van der Waals surface area (Å²) in [5.74, 6) is 0.333. The van der Waals surface area contributed by atoms with Crippen molar-refractivity contribution in [2.24, 2.45) is 0 Å². The van der Waals surface area contributed by atoms with Crippen LogP contribution in [0.2, 0.25) is 0 Å². The molecule has 7 heteroatoms. The summed E-state index contributed by atoms with van der Waals surface area (Å²) in [5, 5.41) is 0. The Kier molecular flexibility index (Phi) is 6.06. The van der Waals surface area contributed by atoms with Crippen molar-refractivity contribution in [1.29, 1.82) is 0 Å². The lowest BCUT2D eigenvalue weighted by Gasteiger charge is -2.14. The summed E-state index contributed by atoms with van der Waals surface area (Å²) >= 11 is 0. The van der Waals surface area contributed by atoms with Crippen molar-refractivity contribution in [2.45, 2.75) is 6.92 Å².